The fourth-order valence-corrected chi connectivity index (χ4v) is 11.0. The van der Waals surface area contributed by atoms with E-state index < -0.39 is 0 Å². The van der Waals surface area contributed by atoms with Crippen molar-refractivity contribution in [3.8, 4) is 56.7 Å². The van der Waals surface area contributed by atoms with Gasteiger partial charge in [0.05, 0.1) is 27.8 Å². The van der Waals surface area contributed by atoms with Gasteiger partial charge in [-0.15, -0.1) is 0 Å². The molecule has 1 unspecified atom stereocenters. The predicted molar refractivity (Wildman–Crippen MR) is 270 cm³/mol. The Labute approximate surface area is 379 Å². The smallest absolute Gasteiger partial charge is 0.238 e. The normalized spacial score (nSPS) is 15.5. The molecule has 314 valence electrons. The summed E-state index contributed by atoms with van der Waals surface area (Å²) in [6, 6.07) is 67.5. The summed E-state index contributed by atoms with van der Waals surface area (Å²) in [5, 5.41) is 4.71. The van der Waals surface area contributed by atoms with Crippen LogP contribution in [0.5, 0.6) is 0 Å². The highest BCUT2D eigenvalue weighted by molar-refractivity contribution is 6.19. The summed E-state index contributed by atoms with van der Waals surface area (Å²) in [6.07, 6.45) is 1.13. The number of hydrogen-bond acceptors (Lipinski definition) is 3. The highest BCUT2D eigenvalue weighted by Gasteiger charge is 2.43. The number of fused-ring (bicyclic) bond motifs is 7. The highest BCUT2D eigenvalue weighted by Crippen LogP contribution is 2.53. The lowest BCUT2D eigenvalue weighted by molar-refractivity contribution is 0.234. The molecule has 1 aliphatic carbocycles. The summed E-state index contributed by atoms with van der Waals surface area (Å²) in [6.45, 7) is 12.2. The zero-order valence-electron chi connectivity index (χ0n) is 37.4. The third kappa shape index (κ3) is 6.17. The third-order valence-electron chi connectivity index (χ3n) is 14.5. The Kier molecular flexibility index (Phi) is 8.83. The molecule has 0 fully saturated rings. The van der Waals surface area contributed by atoms with Gasteiger partial charge >= 0.3 is 0 Å². The summed E-state index contributed by atoms with van der Waals surface area (Å²) in [5.74, 6) is 2.38. The number of nitrogens with zero attached hydrogens (tertiary/aromatic N) is 5. The van der Waals surface area contributed by atoms with E-state index >= 15 is 0 Å². The summed E-state index contributed by atoms with van der Waals surface area (Å²) < 4.78 is 4.74. The first kappa shape index (κ1) is 39.0. The summed E-state index contributed by atoms with van der Waals surface area (Å²) in [5.41, 5.74) is 15.2. The van der Waals surface area contributed by atoms with Gasteiger partial charge in [-0.2, -0.15) is 9.97 Å². The summed E-state index contributed by atoms with van der Waals surface area (Å²) in [4.78, 5) is 15.8. The molecule has 5 heteroatoms. The average Bonchev–Trinajstić information content (AvgIpc) is 3.84. The van der Waals surface area contributed by atoms with Crippen LogP contribution in [0, 0.1) is 5.92 Å². The molecule has 0 N–H and O–H groups in total. The molecule has 3 aromatic heterocycles. The minimum atomic E-state index is 0.00777. The Bertz CT molecular complexity index is 3630. The van der Waals surface area contributed by atoms with Crippen molar-refractivity contribution in [3.05, 3.63) is 199 Å². The van der Waals surface area contributed by atoms with Crippen LogP contribution in [0.25, 0.3) is 100 Å². The second-order valence-corrected chi connectivity index (χ2v) is 19.1. The molecular formula is C60H49N5. The van der Waals surface area contributed by atoms with E-state index in [9.17, 15) is 0 Å². The maximum atomic E-state index is 5.34. The zero-order valence-corrected chi connectivity index (χ0v) is 37.4. The van der Waals surface area contributed by atoms with Gasteiger partial charge in [-0.25, -0.2) is 4.98 Å². The Morgan fingerprint density at radius 2 is 0.938 bits per heavy atom. The van der Waals surface area contributed by atoms with Crippen LogP contribution in [0.1, 0.15) is 52.2 Å². The van der Waals surface area contributed by atoms with Gasteiger partial charge in [-0.3, -0.25) is 4.57 Å². The van der Waals surface area contributed by atoms with E-state index in [1.165, 1.54) is 44.1 Å². The number of benzene rings is 8. The van der Waals surface area contributed by atoms with Crippen molar-refractivity contribution in [2.75, 3.05) is 0 Å². The highest BCUT2D eigenvalue weighted by atomic mass is 15.2. The van der Waals surface area contributed by atoms with E-state index in [4.69, 9.17) is 15.0 Å². The van der Waals surface area contributed by atoms with Crippen LogP contribution in [0.3, 0.4) is 0 Å². The third-order valence-corrected chi connectivity index (χ3v) is 14.5. The molecule has 0 bridgehead atoms. The van der Waals surface area contributed by atoms with Crippen molar-refractivity contribution in [1.82, 2.24) is 24.1 Å². The van der Waals surface area contributed by atoms with E-state index in [2.05, 4.69) is 208 Å². The monoisotopic (exact) mass is 839 g/mol. The van der Waals surface area contributed by atoms with Crippen LogP contribution in [0.4, 0.5) is 0 Å². The van der Waals surface area contributed by atoms with Crippen molar-refractivity contribution in [2.45, 2.75) is 51.9 Å². The van der Waals surface area contributed by atoms with Gasteiger partial charge < -0.3 is 4.57 Å². The molecule has 12 rings (SSSR count). The molecule has 11 aromatic rings. The van der Waals surface area contributed by atoms with E-state index in [1.54, 1.807) is 0 Å². The van der Waals surface area contributed by atoms with Gasteiger partial charge in [0, 0.05) is 38.2 Å². The Morgan fingerprint density at radius 3 is 1.62 bits per heavy atom. The molecular weight excluding hydrogens is 791 g/mol. The first-order chi connectivity index (χ1) is 31.7. The number of hydrogen-bond donors (Lipinski definition) is 0. The van der Waals surface area contributed by atoms with Crippen molar-refractivity contribution in [3.63, 3.8) is 0 Å². The predicted octanol–water partition coefficient (Wildman–Crippen LogP) is 15.3. The van der Waals surface area contributed by atoms with Crippen LogP contribution < -0.4 is 0 Å². The van der Waals surface area contributed by atoms with Crippen LogP contribution in [0.15, 0.2) is 188 Å². The van der Waals surface area contributed by atoms with Crippen molar-refractivity contribution >= 4 is 43.6 Å². The van der Waals surface area contributed by atoms with Crippen molar-refractivity contribution in [2.24, 2.45) is 5.92 Å². The Morgan fingerprint density at radius 1 is 0.431 bits per heavy atom. The van der Waals surface area contributed by atoms with Gasteiger partial charge in [0.15, 0.2) is 11.6 Å². The Balaban J connectivity index is 1.12. The van der Waals surface area contributed by atoms with Crippen molar-refractivity contribution < 1.29 is 0 Å². The number of para-hydroxylation sites is 3. The average molecular weight is 840 g/mol. The van der Waals surface area contributed by atoms with E-state index in [-0.39, 0.29) is 10.8 Å². The van der Waals surface area contributed by atoms with E-state index in [1.807, 2.05) is 24.3 Å². The lowest BCUT2D eigenvalue weighted by atomic mass is 9.57. The van der Waals surface area contributed by atoms with Gasteiger partial charge in [0.25, 0.3) is 0 Å². The molecule has 65 heavy (non-hydrogen) atoms. The maximum absolute atomic E-state index is 5.34. The SMILES string of the molecule is CC1CC(C)(C)c2c(-c3ccccc3-n3c4ccccc4c4cc5c6ccccc6n(-c6nc(-c7ccccc7)nc(-c7ccc(-c8ccccc8)cc7)n6)c5cc43)cccc2C1(C)C. The minimum absolute atomic E-state index is 0.00777. The maximum Gasteiger partial charge on any atom is 0.238 e. The molecule has 0 radical (unpaired) electrons. The summed E-state index contributed by atoms with van der Waals surface area (Å²) in [7, 11) is 0. The van der Waals surface area contributed by atoms with Crippen molar-refractivity contribution in [1.29, 1.82) is 0 Å². The molecule has 1 aliphatic rings. The van der Waals surface area contributed by atoms with Gasteiger partial charge in [0.2, 0.25) is 5.95 Å². The van der Waals surface area contributed by atoms with Crippen LogP contribution >= 0.6 is 0 Å². The molecule has 8 aromatic carbocycles. The molecule has 0 spiro atoms. The first-order valence-corrected chi connectivity index (χ1v) is 22.8. The fraction of sp³-hybridized carbons (Fsp3) is 0.150. The van der Waals surface area contributed by atoms with Gasteiger partial charge in [-0.1, -0.05) is 192 Å². The number of rotatable bonds is 6. The second kappa shape index (κ2) is 14.7. The van der Waals surface area contributed by atoms with Gasteiger partial charge in [-0.05, 0) is 81.3 Å². The quantitative estimate of drug-likeness (QED) is 0.168. The van der Waals surface area contributed by atoms with Gasteiger partial charge in [0.1, 0.15) is 0 Å². The van der Waals surface area contributed by atoms with Crippen LogP contribution in [-0.2, 0) is 10.8 Å². The second-order valence-electron chi connectivity index (χ2n) is 19.1. The minimum Gasteiger partial charge on any atom is -0.309 e. The van der Waals surface area contributed by atoms with Crippen LogP contribution in [-0.4, -0.2) is 24.1 Å². The standard InChI is InChI=1S/C60H49N5/c1-38-37-59(2,3)55-46(26-18-27-49(55)60(38,4)5)43-23-12-15-28-50(43)64-51-29-16-13-24-44(51)47-35-48-45-25-14-17-30-52(45)65(54(48)36-53(47)64)58-62-56(41-21-10-7-11-22-41)61-57(63-58)42-33-31-40(32-34-42)39-19-8-6-9-20-39/h6-36,38H,37H2,1-5H3. The molecule has 0 aliphatic heterocycles. The molecule has 1 atom stereocenters. The lowest BCUT2D eigenvalue weighted by Crippen LogP contribution is -2.40. The topological polar surface area (TPSA) is 48.5 Å². The van der Waals surface area contributed by atoms with E-state index in [0.29, 0.717) is 23.5 Å². The van der Waals surface area contributed by atoms with Crippen LogP contribution in [0.2, 0.25) is 0 Å². The largest absolute Gasteiger partial charge is 0.309 e. The van der Waals surface area contributed by atoms with E-state index in [0.717, 1.165) is 56.1 Å². The Hall–Kier alpha value is -7.63. The first-order valence-electron chi connectivity index (χ1n) is 22.8. The summed E-state index contributed by atoms with van der Waals surface area (Å²) >= 11 is 0. The zero-order chi connectivity index (χ0) is 44.0. The molecule has 3 heterocycles. The molecule has 5 nitrogen and oxygen atoms in total. The number of aromatic nitrogens is 5. The molecule has 0 saturated heterocycles. The molecule has 0 saturated carbocycles. The molecule has 0 amide bonds. The fourth-order valence-electron chi connectivity index (χ4n) is 11.0. The lowest BCUT2D eigenvalue weighted by Gasteiger charge is -2.47.